The molecule has 0 unspecified atom stereocenters. The van der Waals surface area contributed by atoms with E-state index in [0.717, 1.165) is 31.0 Å². The van der Waals surface area contributed by atoms with Crippen LogP contribution in [-0.2, 0) is 9.47 Å². The Balaban J connectivity index is 1.58. The first kappa shape index (κ1) is 18.3. The van der Waals surface area contributed by atoms with E-state index >= 15 is 0 Å². The van der Waals surface area contributed by atoms with E-state index < -0.39 is 0 Å². The monoisotopic (exact) mass is 310 g/mol. The van der Waals surface area contributed by atoms with Crippen molar-refractivity contribution in [1.82, 2.24) is 0 Å². The van der Waals surface area contributed by atoms with Crippen molar-refractivity contribution in [3.8, 4) is 0 Å². The summed E-state index contributed by atoms with van der Waals surface area (Å²) in [6, 6.07) is 0. The van der Waals surface area contributed by atoms with Gasteiger partial charge in [0.05, 0.1) is 19.3 Å². The lowest BCUT2D eigenvalue weighted by Crippen LogP contribution is -2.29. The largest absolute Gasteiger partial charge is 0.382 e. The van der Waals surface area contributed by atoms with E-state index in [2.05, 4.69) is 6.92 Å². The van der Waals surface area contributed by atoms with E-state index in [1.807, 2.05) is 0 Å². The highest BCUT2D eigenvalue weighted by Crippen LogP contribution is 2.41. The molecular weight excluding hydrogens is 272 g/mol. The fourth-order valence-corrected chi connectivity index (χ4v) is 4.66. The molecule has 0 N–H and O–H groups in total. The number of ether oxygens (including phenoxy) is 2. The minimum atomic E-state index is 0.511. The van der Waals surface area contributed by atoms with E-state index in [0.29, 0.717) is 6.10 Å². The molecule has 2 aliphatic rings. The van der Waals surface area contributed by atoms with E-state index in [4.69, 9.17) is 9.47 Å². The van der Waals surface area contributed by atoms with Gasteiger partial charge in [-0.3, -0.25) is 0 Å². The Kier molecular flexibility index (Phi) is 8.84. The minimum Gasteiger partial charge on any atom is -0.382 e. The zero-order valence-electron chi connectivity index (χ0n) is 15.0. The van der Waals surface area contributed by atoms with Gasteiger partial charge in [0.25, 0.3) is 0 Å². The summed E-state index contributed by atoms with van der Waals surface area (Å²) in [7, 11) is 1.75. The molecule has 2 rings (SSSR count). The first-order valence-electron chi connectivity index (χ1n) is 9.94. The summed E-state index contributed by atoms with van der Waals surface area (Å²) in [5.41, 5.74) is 0. The second kappa shape index (κ2) is 10.6. The third kappa shape index (κ3) is 6.20. The maximum atomic E-state index is 5.91. The Morgan fingerprint density at radius 3 is 2.00 bits per heavy atom. The number of rotatable bonds is 9. The average Bonchev–Trinajstić information content (AvgIpc) is 2.57. The number of hydrogen-bond acceptors (Lipinski definition) is 2. The minimum absolute atomic E-state index is 0.511. The Hall–Kier alpha value is -0.0800. The van der Waals surface area contributed by atoms with Gasteiger partial charge in [0.15, 0.2) is 0 Å². The van der Waals surface area contributed by atoms with Gasteiger partial charge in [0.2, 0.25) is 0 Å². The van der Waals surface area contributed by atoms with Gasteiger partial charge in [0.1, 0.15) is 0 Å². The molecule has 0 aromatic carbocycles. The van der Waals surface area contributed by atoms with Gasteiger partial charge in [-0.1, -0.05) is 45.4 Å². The summed E-state index contributed by atoms with van der Waals surface area (Å²) in [4.78, 5) is 0. The van der Waals surface area contributed by atoms with Gasteiger partial charge in [-0.15, -0.1) is 0 Å². The van der Waals surface area contributed by atoms with Gasteiger partial charge < -0.3 is 9.47 Å². The van der Waals surface area contributed by atoms with Crippen LogP contribution in [0.1, 0.15) is 84.0 Å². The molecule has 2 saturated carbocycles. The molecule has 0 heterocycles. The molecule has 0 aliphatic heterocycles. The Morgan fingerprint density at radius 2 is 1.41 bits per heavy atom. The van der Waals surface area contributed by atoms with Gasteiger partial charge >= 0.3 is 0 Å². The molecule has 130 valence electrons. The van der Waals surface area contributed by atoms with Crippen LogP contribution < -0.4 is 0 Å². The predicted octanol–water partition coefficient (Wildman–Crippen LogP) is 5.59. The van der Waals surface area contributed by atoms with Crippen molar-refractivity contribution in [1.29, 1.82) is 0 Å². The maximum Gasteiger partial charge on any atom is 0.0704 e. The fraction of sp³-hybridized carbons (Fsp3) is 1.00. The maximum absolute atomic E-state index is 5.91. The molecule has 2 nitrogen and oxygen atoms in total. The lowest BCUT2D eigenvalue weighted by molar-refractivity contribution is -0.0148. The predicted molar refractivity (Wildman–Crippen MR) is 93.2 cm³/mol. The molecule has 2 fully saturated rings. The van der Waals surface area contributed by atoms with Crippen LogP contribution in [-0.4, -0.2) is 26.4 Å². The highest BCUT2D eigenvalue weighted by Gasteiger charge is 2.30. The van der Waals surface area contributed by atoms with Crippen molar-refractivity contribution < 1.29 is 9.47 Å². The van der Waals surface area contributed by atoms with E-state index in [9.17, 15) is 0 Å². The summed E-state index contributed by atoms with van der Waals surface area (Å²) in [5.74, 6) is 3.08. The summed E-state index contributed by atoms with van der Waals surface area (Å²) < 4.78 is 11.0. The van der Waals surface area contributed by atoms with Crippen LogP contribution in [0.25, 0.3) is 0 Å². The molecule has 2 heteroatoms. The lowest BCUT2D eigenvalue weighted by Gasteiger charge is -2.37. The van der Waals surface area contributed by atoms with Gasteiger partial charge in [-0.05, 0) is 56.3 Å². The van der Waals surface area contributed by atoms with Crippen LogP contribution in [0.2, 0.25) is 0 Å². The molecule has 2 aliphatic carbocycles. The van der Waals surface area contributed by atoms with Crippen LogP contribution in [0.3, 0.4) is 0 Å². The van der Waals surface area contributed by atoms with Crippen LogP contribution in [0.5, 0.6) is 0 Å². The quantitative estimate of drug-likeness (QED) is 0.516. The van der Waals surface area contributed by atoms with E-state index in [1.54, 1.807) is 7.11 Å². The Labute approximate surface area is 138 Å². The first-order chi connectivity index (χ1) is 10.8. The average molecular weight is 311 g/mol. The van der Waals surface area contributed by atoms with Crippen molar-refractivity contribution in [2.45, 2.75) is 90.1 Å². The van der Waals surface area contributed by atoms with E-state index in [1.165, 1.54) is 77.0 Å². The van der Waals surface area contributed by atoms with Crippen LogP contribution in [0, 0.1) is 17.8 Å². The number of hydrogen-bond donors (Lipinski definition) is 0. The normalized spacial score (nSPS) is 33.0. The van der Waals surface area contributed by atoms with E-state index in [-0.39, 0.29) is 0 Å². The van der Waals surface area contributed by atoms with Crippen molar-refractivity contribution in [2.75, 3.05) is 20.3 Å². The first-order valence-corrected chi connectivity index (χ1v) is 9.94. The van der Waals surface area contributed by atoms with Crippen molar-refractivity contribution >= 4 is 0 Å². The van der Waals surface area contributed by atoms with Crippen LogP contribution >= 0.6 is 0 Å². The van der Waals surface area contributed by atoms with Crippen molar-refractivity contribution in [3.05, 3.63) is 0 Å². The van der Waals surface area contributed by atoms with Crippen molar-refractivity contribution in [3.63, 3.8) is 0 Å². The smallest absolute Gasteiger partial charge is 0.0704 e. The summed E-state index contributed by atoms with van der Waals surface area (Å²) in [6.45, 7) is 3.82. The number of unbranched alkanes of at least 4 members (excludes halogenated alkanes) is 2. The zero-order valence-corrected chi connectivity index (χ0v) is 15.0. The lowest BCUT2D eigenvalue weighted by atomic mass is 9.70. The van der Waals surface area contributed by atoms with Gasteiger partial charge in [0, 0.05) is 7.11 Å². The van der Waals surface area contributed by atoms with Gasteiger partial charge in [-0.2, -0.15) is 0 Å². The van der Waals surface area contributed by atoms with Crippen LogP contribution in [0.15, 0.2) is 0 Å². The molecule has 0 aromatic rings. The molecule has 22 heavy (non-hydrogen) atoms. The number of methoxy groups -OCH3 is 1. The topological polar surface area (TPSA) is 18.5 Å². The SMILES string of the molecule is CCCCCC1CCC(C2CCC(OCCOC)CC2)CC1. The molecule has 0 aromatic heterocycles. The standard InChI is InChI=1S/C20H38O2/c1-3-4-5-6-17-7-9-18(10-8-17)19-11-13-20(14-12-19)22-16-15-21-2/h17-20H,3-16H2,1-2H3. The molecule has 0 radical (unpaired) electrons. The molecule has 0 bridgehead atoms. The molecular formula is C20H38O2. The van der Waals surface area contributed by atoms with Crippen LogP contribution in [0.4, 0.5) is 0 Å². The highest BCUT2D eigenvalue weighted by atomic mass is 16.5. The molecule has 0 atom stereocenters. The Morgan fingerprint density at radius 1 is 0.773 bits per heavy atom. The molecule has 0 saturated heterocycles. The van der Waals surface area contributed by atoms with Gasteiger partial charge in [-0.25, -0.2) is 0 Å². The molecule has 0 amide bonds. The third-order valence-corrected chi connectivity index (χ3v) is 6.13. The summed E-state index contributed by atoms with van der Waals surface area (Å²) in [6.07, 6.45) is 17.7. The Bertz CT molecular complexity index is 235. The second-order valence-electron chi connectivity index (χ2n) is 7.68. The van der Waals surface area contributed by atoms with Crippen molar-refractivity contribution in [2.24, 2.45) is 17.8 Å². The highest BCUT2D eigenvalue weighted by molar-refractivity contribution is 4.82. The zero-order chi connectivity index (χ0) is 15.6. The fourth-order valence-electron chi connectivity index (χ4n) is 4.66. The third-order valence-electron chi connectivity index (χ3n) is 6.13. The summed E-state index contributed by atoms with van der Waals surface area (Å²) in [5, 5.41) is 0. The second-order valence-corrected chi connectivity index (χ2v) is 7.68. The molecule has 0 spiro atoms. The summed E-state index contributed by atoms with van der Waals surface area (Å²) >= 11 is 0.